The third kappa shape index (κ3) is 1.92. The molecule has 3 nitrogen and oxygen atoms in total. The van der Waals surface area contributed by atoms with E-state index in [2.05, 4.69) is 4.43 Å². The molecule has 0 saturated heterocycles. The van der Waals surface area contributed by atoms with Crippen molar-refractivity contribution >= 4 is 16.5 Å². The molecular weight excluding hydrogens is 100 g/mol. The van der Waals surface area contributed by atoms with Gasteiger partial charge in [0.2, 0.25) is 10.5 Å². The molecule has 0 amide bonds. The molecule has 0 fully saturated rings. The summed E-state index contributed by atoms with van der Waals surface area (Å²) in [7, 11) is 0.373. The first-order valence-corrected chi connectivity index (χ1v) is 2.30. The zero-order chi connectivity index (χ0) is 4.99. The quantitative estimate of drug-likeness (QED) is 0.386. The van der Waals surface area contributed by atoms with Gasteiger partial charge >= 0.3 is 5.97 Å². The molecule has 4 heteroatoms. The van der Waals surface area contributed by atoms with Crippen molar-refractivity contribution < 1.29 is 14.3 Å². The number of carbonyl (C=O) groups is 1. The van der Waals surface area contributed by atoms with Gasteiger partial charge in [-0.15, -0.1) is 0 Å². The fraction of sp³-hybridized carbons (Fsp3) is 0.500. The number of rotatable bonds is 1. The summed E-state index contributed by atoms with van der Waals surface area (Å²) in [6.07, 6.45) is 0. The molecule has 0 heterocycles. The van der Waals surface area contributed by atoms with E-state index in [1.165, 1.54) is 0 Å². The second-order valence-corrected chi connectivity index (χ2v) is 1.14. The van der Waals surface area contributed by atoms with E-state index in [0.29, 0.717) is 10.5 Å². The Hall–Kier alpha value is -0.353. The maximum Gasteiger partial charge on any atom is 0.317 e. The molecular formula is C2H6O3Si. The predicted molar refractivity (Wildman–Crippen MR) is 23.1 cm³/mol. The molecule has 0 spiro atoms. The van der Waals surface area contributed by atoms with Crippen LogP contribution < -0.4 is 0 Å². The normalized spacial score (nSPS) is 8.17. The van der Waals surface area contributed by atoms with Crippen LogP contribution in [0, 0.1) is 0 Å². The monoisotopic (exact) mass is 106 g/mol. The van der Waals surface area contributed by atoms with Crippen molar-refractivity contribution in [3.8, 4) is 0 Å². The SMILES string of the molecule is O=C(CO)O[SiH3]. The molecule has 0 radical (unpaired) electrons. The molecule has 0 aromatic rings. The first kappa shape index (κ1) is 5.65. The van der Waals surface area contributed by atoms with Gasteiger partial charge in [-0.1, -0.05) is 0 Å². The maximum atomic E-state index is 9.74. The minimum atomic E-state index is -0.540. The lowest BCUT2D eigenvalue weighted by Gasteiger charge is -1.88. The Kier molecular flexibility index (Phi) is 2.69. The standard InChI is InChI=1S/C2H6O3Si/c3-1-2(4)5-6/h3H,1H2,6H3. The van der Waals surface area contributed by atoms with E-state index in [-0.39, 0.29) is 0 Å². The first-order valence-electron chi connectivity index (χ1n) is 1.49. The van der Waals surface area contributed by atoms with Crippen LogP contribution in [-0.4, -0.2) is 28.2 Å². The Morgan fingerprint density at radius 2 is 2.50 bits per heavy atom. The Bertz CT molecular complexity index is 46.8. The van der Waals surface area contributed by atoms with E-state index in [0.717, 1.165) is 0 Å². The summed E-state index contributed by atoms with van der Waals surface area (Å²) in [5.41, 5.74) is 0. The fourth-order valence-electron chi connectivity index (χ4n) is 0.0645. The molecule has 0 rings (SSSR count). The van der Waals surface area contributed by atoms with Crippen molar-refractivity contribution in [3.05, 3.63) is 0 Å². The van der Waals surface area contributed by atoms with Crippen LogP contribution in [0.2, 0.25) is 0 Å². The highest BCUT2D eigenvalue weighted by Gasteiger charge is 1.88. The summed E-state index contributed by atoms with van der Waals surface area (Å²) < 4.78 is 4.15. The van der Waals surface area contributed by atoms with Gasteiger partial charge in [-0.05, 0) is 0 Å². The molecule has 36 valence electrons. The van der Waals surface area contributed by atoms with Gasteiger partial charge in [0, 0.05) is 0 Å². The summed E-state index contributed by atoms with van der Waals surface area (Å²) in [6, 6.07) is 0. The van der Waals surface area contributed by atoms with Gasteiger partial charge in [0.15, 0.2) is 0 Å². The molecule has 1 N–H and O–H groups in total. The fourth-order valence-corrected chi connectivity index (χ4v) is 0.194. The largest absolute Gasteiger partial charge is 0.527 e. The van der Waals surface area contributed by atoms with Crippen LogP contribution in [0.4, 0.5) is 0 Å². The third-order valence-electron chi connectivity index (χ3n) is 0.357. The highest BCUT2D eigenvalue weighted by Crippen LogP contribution is 1.62. The number of hydrogen-bond donors (Lipinski definition) is 1. The minimum absolute atomic E-state index is 0.373. The Labute approximate surface area is 38.5 Å². The van der Waals surface area contributed by atoms with E-state index in [1.54, 1.807) is 0 Å². The summed E-state index contributed by atoms with van der Waals surface area (Å²) in [5, 5.41) is 7.88. The molecule has 0 unspecified atom stereocenters. The molecule has 0 atom stereocenters. The van der Waals surface area contributed by atoms with Crippen molar-refractivity contribution in [1.82, 2.24) is 0 Å². The first-order chi connectivity index (χ1) is 2.81. The van der Waals surface area contributed by atoms with Crippen molar-refractivity contribution in [3.63, 3.8) is 0 Å². The van der Waals surface area contributed by atoms with Crippen molar-refractivity contribution in [2.24, 2.45) is 0 Å². The topological polar surface area (TPSA) is 46.5 Å². The molecule has 0 aromatic heterocycles. The highest BCUT2D eigenvalue weighted by molar-refractivity contribution is 6.05. The van der Waals surface area contributed by atoms with E-state index in [1.807, 2.05) is 0 Å². The van der Waals surface area contributed by atoms with Crippen LogP contribution in [0.5, 0.6) is 0 Å². The highest BCUT2D eigenvalue weighted by atomic mass is 28.2. The zero-order valence-corrected chi connectivity index (χ0v) is 5.47. The summed E-state index contributed by atoms with van der Waals surface area (Å²) in [4.78, 5) is 9.74. The second kappa shape index (κ2) is 2.86. The van der Waals surface area contributed by atoms with Crippen molar-refractivity contribution in [1.29, 1.82) is 0 Å². The third-order valence-corrected chi connectivity index (χ3v) is 0.812. The van der Waals surface area contributed by atoms with E-state index < -0.39 is 12.6 Å². The van der Waals surface area contributed by atoms with Gasteiger partial charge in [0.1, 0.15) is 6.61 Å². The lowest BCUT2D eigenvalue weighted by atomic mass is 10.8. The number of carbonyl (C=O) groups excluding carboxylic acids is 1. The average Bonchev–Trinajstić information content (AvgIpc) is 1.65. The Balaban J connectivity index is 2.99. The maximum absolute atomic E-state index is 9.74. The minimum Gasteiger partial charge on any atom is -0.527 e. The summed E-state index contributed by atoms with van der Waals surface area (Å²) >= 11 is 0. The Morgan fingerprint density at radius 1 is 2.00 bits per heavy atom. The van der Waals surface area contributed by atoms with Gasteiger partial charge < -0.3 is 9.53 Å². The molecule has 0 aromatic carbocycles. The Morgan fingerprint density at radius 3 is 2.50 bits per heavy atom. The molecule has 0 saturated carbocycles. The second-order valence-electron chi connectivity index (χ2n) is 0.734. The van der Waals surface area contributed by atoms with E-state index in [4.69, 9.17) is 5.11 Å². The predicted octanol–water partition coefficient (Wildman–Crippen LogP) is -2.20. The molecule has 0 aliphatic rings. The molecule has 0 aliphatic heterocycles. The van der Waals surface area contributed by atoms with Gasteiger partial charge in [-0.2, -0.15) is 0 Å². The van der Waals surface area contributed by atoms with Crippen LogP contribution in [0.1, 0.15) is 0 Å². The van der Waals surface area contributed by atoms with Crippen LogP contribution in [0.25, 0.3) is 0 Å². The van der Waals surface area contributed by atoms with Crippen LogP contribution in [0.15, 0.2) is 0 Å². The van der Waals surface area contributed by atoms with E-state index in [9.17, 15) is 4.79 Å². The molecule has 0 bridgehead atoms. The average molecular weight is 106 g/mol. The van der Waals surface area contributed by atoms with Gasteiger partial charge in [-0.25, -0.2) is 0 Å². The number of hydrogen-bond acceptors (Lipinski definition) is 3. The number of aliphatic hydroxyl groups excluding tert-OH is 1. The smallest absolute Gasteiger partial charge is 0.317 e. The van der Waals surface area contributed by atoms with Gasteiger partial charge in [0.05, 0.1) is 0 Å². The summed E-state index contributed by atoms with van der Waals surface area (Å²) in [6.45, 7) is -0.497. The van der Waals surface area contributed by atoms with Crippen LogP contribution in [-0.2, 0) is 9.22 Å². The van der Waals surface area contributed by atoms with Crippen LogP contribution in [0.3, 0.4) is 0 Å². The number of aliphatic hydroxyl groups is 1. The molecule has 0 aliphatic carbocycles. The van der Waals surface area contributed by atoms with Gasteiger partial charge in [0.25, 0.3) is 0 Å². The zero-order valence-electron chi connectivity index (χ0n) is 3.47. The summed E-state index contributed by atoms with van der Waals surface area (Å²) in [5.74, 6) is -0.540. The van der Waals surface area contributed by atoms with Crippen molar-refractivity contribution in [2.75, 3.05) is 6.61 Å². The van der Waals surface area contributed by atoms with Crippen molar-refractivity contribution in [2.45, 2.75) is 0 Å². The van der Waals surface area contributed by atoms with Gasteiger partial charge in [-0.3, -0.25) is 4.79 Å². The van der Waals surface area contributed by atoms with Crippen LogP contribution >= 0.6 is 0 Å². The molecule has 6 heavy (non-hydrogen) atoms. The lowest BCUT2D eigenvalue weighted by Crippen LogP contribution is -2.05. The van der Waals surface area contributed by atoms with E-state index >= 15 is 0 Å². The lowest BCUT2D eigenvalue weighted by molar-refractivity contribution is -0.137.